The van der Waals surface area contributed by atoms with Crippen molar-refractivity contribution in [1.82, 2.24) is 21.1 Å². The van der Waals surface area contributed by atoms with Crippen LogP contribution in [0, 0.1) is 17.4 Å². The van der Waals surface area contributed by atoms with Crippen LogP contribution in [-0.2, 0) is 4.79 Å². The molecular formula is C23H25N5O2. The second-order valence-electron chi connectivity index (χ2n) is 8.44. The minimum Gasteiger partial charge on any atom is -0.457 e. The number of hydrogen-bond acceptors (Lipinski definition) is 6. The Morgan fingerprint density at radius 1 is 1.17 bits per heavy atom. The Balaban J connectivity index is 1.26. The second kappa shape index (κ2) is 7.63. The number of nitrogens with zero attached hydrogens (tertiary/aromatic N) is 2. The molecule has 2 aromatic rings. The molecule has 2 heterocycles. The molecule has 7 heteroatoms. The first kappa shape index (κ1) is 18.9. The largest absolute Gasteiger partial charge is 0.457 e. The summed E-state index contributed by atoms with van der Waals surface area (Å²) in [5, 5.41) is 12.5. The molecule has 2 aliphatic heterocycles. The SMILES string of the molecule is N#CN1C[C@@H]2CC[C@]2(NC(=O)C2CC(c3ccccc3Oc3ccccc3)NN2)C1. The number of fused-ring (bicyclic) bond motifs is 1. The van der Waals surface area contributed by atoms with E-state index in [2.05, 4.69) is 22.4 Å². The maximum absolute atomic E-state index is 13.0. The van der Waals surface area contributed by atoms with Gasteiger partial charge < -0.3 is 15.0 Å². The smallest absolute Gasteiger partial charge is 0.239 e. The molecule has 0 spiro atoms. The number of ether oxygens (including phenoxy) is 1. The van der Waals surface area contributed by atoms with Crippen LogP contribution >= 0.6 is 0 Å². The van der Waals surface area contributed by atoms with E-state index < -0.39 is 0 Å². The highest BCUT2D eigenvalue weighted by Gasteiger charge is 2.54. The van der Waals surface area contributed by atoms with Crippen LogP contribution < -0.4 is 20.9 Å². The number of likely N-dealkylation sites (tertiary alicyclic amines) is 1. The van der Waals surface area contributed by atoms with Crippen LogP contribution in [0.25, 0.3) is 0 Å². The molecule has 1 saturated carbocycles. The normalized spacial score (nSPS) is 29.6. The molecule has 0 bridgehead atoms. The summed E-state index contributed by atoms with van der Waals surface area (Å²) >= 11 is 0. The average Bonchev–Trinajstić information content (AvgIpc) is 3.34. The topological polar surface area (TPSA) is 89.4 Å². The zero-order valence-corrected chi connectivity index (χ0v) is 16.7. The lowest BCUT2D eigenvalue weighted by atomic mass is 9.69. The van der Waals surface area contributed by atoms with Crippen molar-refractivity contribution in [3.63, 3.8) is 0 Å². The van der Waals surface area contributed by atoms with E-state index in [1.54, 1.807) is 4.90 Å². The molecule has 0 aromatic heterocycles. The number of rotatable bonds is 5. The van der Waals surface area contributed by atoms with E-state index in [9.17, 15) is 10.1 Å². The fraction of sp³-hybridized carbons (Fsp3) is 0.391. The van der Waals surface area contributed by atoms with Crippen molar-refractivity contribution in [3.05, 3.63) is 60.2 Å². The highest BCUT2D eigenvalue weighted by molar-refractivity contribution is 5.83. The van der Waals surface area contributed by atoms with Crippen LogP contribution in [0.3, 0.4) is 0 Å². The van der Waals surface area contributed by atoms with Gasteiger partial charge in [0.05, 0.1) is 18.1 Å². The standard InChI is InChI=1S/C23H25N5O2/c24-15-28-13-16-10-11-23(16,14-28)25-22(29)20-12-19(26-27-20)18-8-4-5-9-21(18)30-17-6-2-1-3-7-17/h1-9,16,19-20,26-27H,10-14H2,(H,25,29)/t16-,19?,20?,23-/m0/s1. The quantitative estimate of drug-likeness (QED) is 0.665. The zero-order valence-electron chi connectivity index (χ0n) is 16.7. The van der Waals surface area contributed by atoms with Crippen molar-refractivity contribution < 1.29 is 9.53 Å². The minimum absolute atomic E-state index is 0.00375. The molecule has 5 rings (SSSR count). The molecule has 2 unspecified atom stereocenters. The first-order valence-electron chi connectivity index (χ1n) is 10.5. The molecule has 3 N–H and O–H groups in total. The van der Waals surface area contributed by atoms with Crippen molar-refractivity contribution in [3.8, 4) is 17.7 Å². The lowest BCUT2D eigenvalue weighted by Gasteiger charge is -2.44. The lowest BCUT2D eigenvalue weighted by Crippen LogP contribution is -2.62. The van der Waals surface area contributed by atoms with Crippen molar-refractivity contribution in [2.24, 2.45) is 5.92 Å². The summed E-state index contributed by atoms with van der Waals surface area (Å²) in [4.78, 5) is 14.7. The molecule has 2 saturated heterocycles. The van der Waals surface area contributed by atoms with Gasteiger partial charge in [-0.05, 0) is 37.5 Å². The number of para-hydroxylation sites is 2. The van der Waals surface area contributed by atoms with Crippen LogP contribution in [0.4, 0.5) is 0 Å². The third kappa shape index (κ3) is 3.38. The number of nitrogens with one attached hydrogen (secondary N) is 3. The average molecular weight is 403 g/mol. The summed E-state index contributed by atoms with van der Waals surface area (Å²) in [5.74, 6) is 1.94. The van der Waals surface area contributed by atoms with Gasteiger partial charge in [-0.1, -0.05) is 36.4 Å². The Bertz CT molecular complexity index is 975. The first-order valence-corrected chi connectivity index (χ1v) is 10.5. The van der Waals surface area contributed by atoms with Crippen LogP contribution in [0.1, 0.15) is 30.9 Å². The molecule has 1 amide bonds. The van der Waals surface area contributed by atoms with Gasteiger partial charge in [-0.3, -0.25) is 4.79 Å². The highest BCUT2D eigenvalue weighted by atomic mass is 16.5. The number of nitriles is 1. The van der Waals surface area contributed by atoms with Gasteiger partial charge in [0.25, 0.3) is 0 Å². The summed E-state index contributed by atoms with van der Waals surface area (Å²) in [6.07, 6.45) is 4.87. The predicted molar refractivity (Wildman–Crippen MR) is 111 cm³/mol. The lowest BCUT2D eigenvalue weighted by molar-refractivity contribution is -0.126. The predicted octanol–water partition coefficient (Wildman–Crippen LogP) is 2.45. The molecule has 7 nitrogen and oxygen atoms in total. The van der Waals surface area contributed by atoms with Gasteiger partial charge in [-0.15, -0.1) is 0 Å². The maximum atomic E-state index is 13.0. The molecule has 4 atom stereocenters. The fourth-order valence-corrected chi connectivity index (χ4v) is 4.86. The third-order valence-corrected chi connectivity index (χ3v) is 6.63. The number of carbonyl (C=O) groups is 1. The molecule has 0 radical (unpaired) electrons. The molecule has 2 aromatic carbocycles. The Labute approximate surface area is 176 Å². The van der Waals surface area contributed by atoms with E-state index in [1.807, 2.05) is 54.6 Å². The number of hydrazine groups is 1. The van der Waals surface area contributed by atoms with E-state index in [0.717, 1.165) is 36.4 Å². The number of carbonyl (C=O) groups excluding carboxylic acids is 1. The van der Waals surface area contributed by atoms with Crippen molar-refractivity contribution >= 4 is 5.91 Å². The molecule has 3 aliphatic rings. The summed E-state index contributed by atoms with van der Waals surface area (Å²) in [6.45, 7) is 1.37. The van der Waals surface area contributed by atoms with E-state index in [-0.39, 0.29) is 23.5 Å². The molecule has 3 fully saturated rings. The summed E-state index contributed by atoms with van der Waals surface area (Å²) < 4.78 is 6.08. The van der Waals surface area contributed by atoms with Crippen LogP contribution in [0.2, 0.25) is 0 Å². The van der Waals surface area contributed by atoms with Crippen LogP contribution in [0.5, 0.6) is 11.5 Å². The Hall–Kier alpha value is -3.08. The molecule has 1 aliphatic carbocycles. The Morgan fingerprint density at radius 2 is 1.97 bits per heavy atom. The van der Waals surface area contributed by atoms with Gasteiger partial charge in [0, 0.05) is 18.0 Å². The minimum atomic E-state index is -0.327. The monoisotopic (exact) mass is 403 g/mol. The van der Waals surface area contributed by atoms with Gasteiger partial charge in [0.1, 0.15) is 17.5 Å². The summed E-state index contributed by atoms with van der Waals surface area (Å²) in [7, 11) is 0. The zero-order chi connectivity index (χ0) is 20.6. The van der Waals surface area contributed by atoms with Crippen LogP contribution in [-0.4, -0.2) is 35.5 Å². The van der Waals surface area contributed by atoms with Gasteiger partial charge in [-0.25, -0.2) is 10.9 Å². The number of amides is 1. The van der Waals surface area contributed by atoms with E-state index in [4.69, 9.17) is 4.74 Å². The highest BCUT2D eigenvalue weighted by Crippen LogP contribution is 2.44. The Kier molecular flexibility index (Phi) is 4.81. The van der Waals surface area contributed by atoms with Crippen molar-refractivity contribution in [2.75, 3.05) is 13.1 Å². The number of benzene rings is 2. The number of hydrogen-bond donors (Lipinski definition) is 3. The van der Waals surface area contributed by atoms with E-state index in [0.29, 0.717) is 18.9 Å². The van der Waals surface area contributed by atoms with E-state index >= 15 is 0 Å². The third-order valence-electron chi connectivity index (χ3n) is 6.63. The van der Waals surface area contributed by atoms with Gasteiger partial charge >= 0.3 is 0 Å². The van der Waals surface area contributed by atoms with Gasteiger partial charge in [-0.2, -0.15) is 5.26 Å². The fourth-order valence-electron chi connectivity index (χ4n) is 4.86. The Morgan fingerprint density at radius 3 is 2.73 bits per heavy atom. The van der Waals surface area contributed by atoms with E-state index in [1.165, 1.54) is 0 Å². The first-order chi connectivity index (χ1) is 14.7. The van der Waals surface area contributed by atoms with Crippen LogP contribution in [0.15, 0.2) is 54.6 Å². The van der Waals surface area contributed by atoms with Gasteiger partial charge in [0.2, 0.25) is 5.91 Å². The van der Waals surface area contributed by atoms with Gasteiger partial charge in [0.15, 0.2) is 6.19 Å². The second-order valence-corrected chi connectivity index (χ2v) is 8.44. The maximum Gasteiger partial charge on any atom is 0.239 e. The summed E-state index contributed by atoms with van der Waals surface area (Å²) in [5.41, 5.74) is 7.20. The summed E-state index contributed by atoms with van der Waals surface area (Å²) in [6, 6.07) is 17.2. The van der Waals surface area contributed by atoms with Crippen molar-refractivity contribution in [1.29, 1.82) is 5.26 Å². The van der Waals surface area contributed by atoms with Crippen molar-refractivity contribution in [2.45, 2.75) is 36.9 Å². The molecule has 30 heavy (non-hydrogen) atoms. The molecular weight excluding hydrogens is 378 g/mol. The molecule has 154 valence electrons.